The maximum atomic E-state index is 13.6. The Morgan fingerprint density at radius 3 is 1.70 bits per heavy atom. The molecule has 2 aromatic carbocycles. The first-order valence-corrected chi connectivity index (χ1v) is 14.4. The predicted molar refractivity (Wildman–Crippen MR) is 163 cm³/mol. The van der Waals surface area contributed by atoms with Crippen molar-refractivity contribution in [3.8, 4) is 0 Å². The molecule has 0 aliphatic heterocycles. The molecule has 0 heterocycles. The van der Waals surface area contributed by atoms with Crippen molar-refractivity contribution in [2.75, 3.05) is 0 Å². The van der Waals surface area contributed by atoms with Crippen LogP contribution in [0.5, 0.6) is 0 Å². The van der Waals surface area contributed by atoms with E-state index in [0.717, 1.165) is 5.56 Å². The minimum atomic E-state index is -1.81. The van der Waals surface area contributed by atoms with Crippen LogP contribution in [-0.4, -0.2) is 75.4 Å². The van der Waals surface area contributed by atoms with Crippen LogP contribution in [0.1, 0.15) is 52.2 Å². The molecule has 11 heteroatoms. The highest BCUT2D eigenvalue weighted by atomic mass is 16.4. The first-order chi connectivity index (χ1) is 20.1. The average Bonchev–Trinajstić information content (AvgIpc) is 2.94. The van der Waals surface area contributed by atoms with Gasteiger partial charge in [-0.05, 0) is 41.7 Å². The van der Waals surface area contributed by atoms with Crippen LogP contribution < -0.4 is 21.7 Å². The SMILES string of the molecule is CC(C)CC(NC(=O)[C@@H](O)[C@H](Cc1ccccc1)NC(=O)C(NC(=O)[C@@H](O)[C@H](N)Cc1ccccc1)C(C)(C)C)C(=O)O. The monoisotopic (exact) mass is 598 g/mol. The summed E-state index contributed by atoms with van der Waals surface area (Å²) in [5, 5.41) is 38.9. The van der Waals surface area contributed by atoms with Crippen molar-refractivity contribution < 1.29 is 34.5 Å². The number of hydrogen-bond acceptors (Lipinski definition) is 7. The summed E-state index contributed by atoms with van der Waals surface area (Å²) in [7, 11) is 0. The van der Waals surface area contributed by atoms with Crippen LogP contribution in [0.15, 0.2) is 60.7 Å². The van der Waals surface area contributed by atoms with Gasteiger partial charge >= 0.3 is 5.97 Å². The minimum absolute atomic E-state index is 0.0364. The maximum absolute atomic E-state index is 13.6. The number of carbonyl (C=O) groups excluding carboxylic acids is 3. The summed E-state index contributed by atoms with van der Waals surface area (Å²) in [5.74, 6) is -3.76. The quantitative estimate of drug-likeness (QED) is 0.159. The Balaban J connectivity index is 2.24. The highest BCUT2D eigenvalue weighted by molar-refractivity contribution is 5.91. The lowest BCUT2D eigenvalue weighted by molar-refractivity contribution is -0.144. The van der Waals surface area contributed by atoms with Gasteiger partial charge in [-0.1, -0.05) is 95.3 Å². The van der Waals surface area contributed by atoms with E-state index in [1.54, 1.807) is 51.1 Å². The van der Waals surface area contributed by atoms with Gasteiger partial charge in [-0.15, -0.1) is 0 Å². The smallest absolute Gasteiger partial charge is 0.326 e. The molecule has 0 fully saturated rings. The van der Waals surface area contributed by atoms with Crippen molar-refractivity contribution in [1.82, 2.24) is 16.0 Å². The van der Waals surface area contributed by atoms with E-state index in [0.29, 0.717) is 5.56 Å². The lowest BCUT2D eigenvalue weighted by Gasteiger charge is -2.34. The van der Waals surface area contributed by atoms with Gasteiger partial charge in [-0.25, -0.2) is 4.79 Å². The van der Waals surface area contributed by atoms with E-state index in [9.17, 15) is 34.5 Å². The molecule has 11 nitrogen and oxygen atoms in total. The maximum Gasteiger partial charge on any atom is 0.326 e. The van der Waals surface area contributed by atoms with E-state index in [-0.39, 0.29) is 25.2 Å². The summed E-state index contributed by atoms with van der Waals surface area (Å²) in [6.45, 7) is 8.76. The van der Waals surface area contributed by atoms with E-state index in [2.05, 4.69) is 16.0 Å². The Bertz CT molecular complexity index is 1200. The van der Waals surface area contributed by atoms with Crippen molar-refractivity contribution in [3.05, 3.63) is 71.8 Å². The van der Waals surface area contributed by atoms with Gasteiger partial charge in [0.1, 0.15) is 18.2 Å². The molecule has 2 unspecified atom stereocenters. The number of aliphatic hydroxyl groups is 2. The molecule has 0 saturated heterocycles. The van der Waals surface area contributed by atoms with Gasteiger partial charge in [0.2, 0.25) is 5.91 Å². The van der Waals surface area contributed by atoms with Crippen LogP contribution in [-0.2, 0) is 32.0 Å². The Hall–Kier alpha value is -3.80. The van der Waals surface area contributed by atoms with Gasteiger partial charge in [0.15, 0.2) is 6.10 Å². The number of carboxylic acid groups (broad SMARTS) is 1. The Morgan fingerprint density at radius 1 is 0.744 bits per heavy atom. The summed E-state index contributed by atoms with van der Waals surface area (Å²) in [6.07, 6.45) is -2.99. The first-order valence-electron chi connectivity index (χ1n) is 14.4. The number of rotatable bonds is 15. The molecule has 0 aliphatic carbocycles. The van der Waals surface area contributed by atoms with Crippen molar-refractivity contribution in [3.63, 3.8) is 0 Å². The second kappa shape index (κ2) is 16.2. The molecule has 0 radical (unpaired) electrons. The van der Waals surface area contributed by atoms with Gasteiger partial charge in [0, 0.05) is 6.04 Å². The molecule has 236 valence electrons. The number of benzene rings is 2. The molecule has 0 bridgehead atoms. The molecule has 0 aromatic heterocycles. The van der Waals surface area contributed by atoms with Crippen molar-refractivity contribution in [2.24, 2.45) is 17.1 Å². The molecule has 43 heavy (non-hydrogen) atoms. The number of nitrogens with two attached hydrogens (primary N) is 1. The summed E-state index contributed by atoms with van der Waals surface area (Å²) < 4.78 is 0. The van der Waals surface area contributed by atoms with Gasteiger partial charge < -0.3 is 37.0 Å². The van der Waals surface area contributed by atoms with E-state index in [4.69, 9.17) is 5.73 Å². The molecule has 0 aliphatic rings. The zero-order chi connectivity index (χ0) is 32.3. The molecule has 2 aromatic rings. The molecular formula is C32H46N4O7. The summed E-state index contributed by atoms with van der Waals surface area (Å²) in [5.41, 5.74) is 6.80. The van der Waals surface area contributed by atoms with E-state index >= 15 is 0 Å². The second-order valence-electron chi connectivity index (χ2n) is 12.4. The number of aliphatic hydroxyl groups excluding tert-OH is 2. The fourth-order valence-corrected chi connectivity index (χ4v) is 4.60. The fraction of sp³-hybridized carbons (Fsp3) is 0.500. The van der Waals surface area contributed by atoms with Crippen LogP contribution in [0, 0.1) is 11.3 Å². The van der Waals surface area contributed by atoms with Gasteiger partial charge in [-0.3, -0.25) is 14.4 Å². The van der Waals surface area contributed by atoms with Crippen LogP contribution in [0.2, 0.25) is 0 Å². The standard InChI is InChI=1S/C32H46N4O7/c1-19(2)16-24(31(42)43)35-29(40)26(38)23(18-21-14-10-7-11-15-21)34-30(41)27(32(3,4)5)36-28(39)25(37)22(33)17-20-12-8-6-9-13-20/h6-15,19,22-27,37-38H,16-18,33H2,1-5H3,(H,34,41)(H,35,40)(H,36,39)(H,42,43)/t22-,23+,24?,25+,26+,27?/m1/s1. The molecule has 0 saturated carbocycles. The number of amides is 3. The van der Waals surface area contributed by atoms with Gasteiger partial charge in [0.05, 0.1) is 6.04 Å². The lowest BCUT2D eigenvalue weighted by atomic mass is 9.85. The summed E-state index contributed by atoms with van der Waals surface area (Å²) in [4.78, 5) is 51.4. The average molecular weight is 599 g/mol. The van der Waals surface area contributed by atoms with Crippen LogP contribution in [0.25, 0.3) is 0 Å². The molecule has 8 N–H and O–H groups in total. The third-order valence-corrected chi connectivity index (χ3v) is 7.00. The highest BCUT2D eigenvalue weighted by Gasteiger charge is 2.38. The molecular weight excluding hydrogens is 552 g/mol. The van der Waals surface area contributed by atoms with E-state index in [1.165, 1.54) is 0 Å². The second-order valence-corrected chi connectivity index (χ2v) is 12.4. The van der Waals surface area contributed by atoms with Gasteiger partial charge in [0.25, 0.3) is 11.8 Å². The topological polar surface area (TPSA) is 191 Å². The number of nitrogens with one attached hydrogen (secondary N) is 3. The predicted octanol–water partition coefficient (Wildman–Crippen LogP) is 1.15. The number of hydrogen-bond donors (Lipinski definition) is 7. The molecule has 3 amide bonds. The fourth-order valence-electron chi connectivity index (χ4n) is 4.60. The Morgan fingerprint density at radius 2 is 1.23 bits per heavy atom. The zero-order valence-corrected chi connectivity index (χ0v) is 25.5. The number of carboxylic acids is 1. The van der Waals surface area contributed by atoms with Crippen LogP contribution in [0.3, 0.4) is 0 Å². The number of carbonyl (C=O) groups is 4. The third kappa shape index (κ3) is 11.4. The summed E-state index contributed by atoms with van der Waals surface area (Å²) >= 11 is 0. The Labute approximate surface area is 253 Å². The summed E-state index contributed by atoms with van der Waals surface area (Å²) in [6, 6.07) is 13.5. The number of aliphatic carboxylic acids is 1. The largest absolute Gasteiger partial charge is 0.480 e. The van der Waals surface area contributed by atoms with Crippen LogP contribution in [0.4, 0.5) is 0 Å². The lowest BCUT2D eigenvalue weighted by Crippen LogP contribution is -2.61. The Kier molecular flexibility index (Phi) is 13.3. The minimum Gasteiger partial charge on any atom is -0.480 e. The van der Waals surface area contributed by atoms with Crippen molar-refractivity contribution in [2.45, 2.75) is 90.3 Å². The molecule has 6 atom stereocenters. The third-order valence-electron chi connectivity index (χ3n) is 7.00. The zero-order valence-electron chi connectivity index (χ0n) is 25.5. The van der Waals surface area contributed by atoms with Crippen LogP contribution >= 0.6 is 0 Å². The first kappa shape index (κ1) is 35.4. The van der Waals surface area contributed by atoms with Gasteiger partial charge in [-0.2, -0.15) is 0 Å². The van der Waals surface area contributed by atoms with Crippen molar-refractivity contribution in [1.29, 1.82) is 0 Å². The van der Waals surface area contributed by atoms with E-state index < -0.39 is 65.5 Å². The van der Waals surface area contributed by atoms with Crippen molar-refractivity contribution >= 4 is 23.7 Å². The van der Waals surface area contributed by atoms with E-state index in [1.807, 2.05) is 44.2 Å². The molecule has 2 rings (SSSR count). The molecule has 0 spiro atoms. The normalized spacial score (nSPS) is 15.8. The highest BCUT2D eigenvalue weighted by Crippen LogP contribution is 2.21.